The van der Waals surface area contributed by atoms with Gasteiger partial charge in [-0.15, -0.1) is 0 Å². The minimum absolute atomic E-state index is 0.194. The SMILES string of the molecule is Nc1ncc(C(=O)Nc2cccc(I)c2)c2ccccc12. The van der Waals surface area contributed by atoms with Gasteiger partial charge in [-0.2, -0.15) is 0 Å². The number of hydrogen-bond donors (Lipinski definition) is 2. The first-order valence-corrected chi connectivity index (χ1v) is 7.43. The van der Waals surface area contributed by atoms with Crippen LogP contribution in [0.25, 0.3) is 10.8 Å². The molecule has 21 heavy (non-hydrogen) atoms. The average molecular weight is 389 g/mol. The number of nitrogen functional groups attached to an aromatic ring is 1. The Morgan fingerprint density at radius 3 is 2.62 bits per heavy atom. The minimum atomic E-state index is -0.194. The lowest BCUT2D eigenvalue weighted by Gasteiger charge is -2.09. The Bertz CT molecular complexity index is 833. The van der Waals surface area contributed by atoms with Gasteiger partial charge in [0.1, 0.15) is 5.82 Å². The molecule has 0 unspecified atom stereocenters. The lowest BCUT2D eigenvalue weighted by molar-refractivity contribution is 0.102. The second-order valence-electron chi connectivity index (χ2n) is 4.57. The van der Waals surface area contributed by atoms with Crippen LogP contribution in [0.1, 0.15) is 10.4 Å². The van der Waals surface area contributed by atoms with Crippen LogP contribution in [-0.4, -0.2) is 10.9 Å². The van der Waals surface area contributed by atoms with E-state index >= 15 is 0 Å². The Balaban J connectivity index is 2.01. The van der Waals surface area contributed by atoms with Crippen LogP contribution in [0.4, 0.5) is 11.5 Å². The lowest BCUT2D eigenvalue weighted by atomic mass is 10.1. The topological polar surface area (TPSA) is 68.0 Å². The van der Waals surface area contributed by atoms with Gasteiger partial charge in [0.25, 0.3) is 5.91 Å². The van der Waals surface area contributed by atoms with Crippen LogP contribution in [0.15, 0.2) is 54.7 Å². The third-order valence-electron chi connectivity index (χ3n) is 3.15. The zero-order valence-corrected chi connectivity index (χ0v) is 13.2. The van der Waals surface area contributed by atoms with E-state index in [1.165, 1.54) is 6.20 Å². The maximum absolute atomic E-state index is 12.5. The van der Waals surface area contributed by atoms with Gasteiger partial charge in [-0.1, -0.05) is 30.3 Å². The monoisotopic (exact) mass is 389 g/mol. The molecule has 0 saturated carbocycles. The summed E-state index contributed by atoms with van der Waals surface area (Å²) in [7, 11) is 0. The highest BCUT2D eigenvalue weighted by molar-refractivity contribution is 14.1. The third-order valence-corrected chi connectivity index (χ3v) is 3.82. The fourth-order valence-corrected chi connectivity index (χ4v) is 2.70. The normalized spacial score (nSPS) is 10.5. The smallest absolute Gasteiger partial charge is 0.257 e. The van der Waals surface area contributed by atoms with E-state index in [1.807, 2.05) is 48.5 Å². The number of fused-ring (bicyclic) bond motifs is 1. The Morgan fingerprint density at radius 2 is 1.86 bits per heavy atom. The summed E-state index contributed by atoms with van der Waals surface area (Å²) in [4.78, 5) is 16.6. The largest absolute Gasteiger partial charge is 0.383 e. The van der Waals surface area contributed by atoms with E-state index in [0.29, 0.717) is 11.4 Å². The molecular formula is C16H12IN3O. The summed E-state index contributed by atoms with van der Waals surface area (Å²) in [6.45, 7) is 0. The zero-order chi connectivity index (χ0) is 14.8. The Morgan fingerprint density at radius 1 is 1.10 bits per heavy atom. The molecule has 0 spiro atoms. The van der Waals surface area contributed by atoms with E-state index < -0.39 is 0 Å². The quantitative estimate of drug-likeness (QED) is 0.658. The highest BCUT2D eigenvalue weighted by Gasteiger charge is 2.12. The molecule has 104 valence electrons. The summed E-state index contributed by atoms with van der Waals surface area (Å²) in [5.41, 5.74) is 7.12. The summed E-state index contributed by atoms with van der Waals surface area (Å²) in [5.74, 6) is 0.233. The number of hydrogen-bond acceptors (Lipinski definition) is 3. The fourth-order valence-electron chi connectivity index (χ4n) is 2.16. The van der Waals surface area contributed by atoms with Gasteiger partial charge in [0.05, 0.1) is 5.56 Å². The Labute approximate surface area is 135 Å². The molecule has 1 amide bonds. The van der Waals surface area contributed by atoms with E-state index in [0.717, 1.165) is 20.0 Å². The van der Waals surface area contributed by atoms with Gasteiger partial charge in [0, 0.05) is 20.8 Å². The molecule has 3 rings (SSSR count). The summed E-state index contributed by atoms with van der Waals surface area (Å²) >= 11 is 2.21. The van der Waals surface area contributed by atoms with Crippen LogP contribution in [-0.2, 0) is 0 Å². The van der Waals surface area contributed by atoms with E-state index in [1.54, 1.807) is 0 Å². The molecule has 0 fully saturated rings. The number of pyridine rings is 1. The molecule has 0 radical (unpaired) electrons. The van der Waals surface area contributed by atoms with Crippen LogP contribution in [0.3, 0.4) is 0 Å². The van der Waals surface area contributed by atoms with Crippen LogP contribution in [0.5, 0.6) is 0 Å². The molecule has 0 aliphatic rings. The van der Waals surface area contributed by atoms with Crippen molar-refractivity contribution in [2.24, 2.45) is 0 Å². The number of nitrogens with zero attached hydrogens (tertiary/aromatic N) is 1. The number of nitrogens with one attached hydrogen (secondary N) is 1. The fraction of sp³-hybridized carbons (Fsp3) is 0. The molecule has 0 bridgehead atoms. The van der Waals surface area contributed by atoms with E-state index in [9.17, 15) is 4.79 Å². The van der Waals surface area contributed by atoms with E-state index in [2.05, 4.69) is 32.9 Å². The van der Waals surface area contributed by atoms with Crippen molar-refractivity contribution in [3.05, 3.63) is 63.9 Å². The van der Waals surface area contributed by atoms with Crippen molar-refractivity contribution in [3.8, 4) is 0 Å². The predicted octanol–water partition coefficient (Wildman–Crippen LogP) is 3.67. The molecular weight excluding hydrogens is 377 g/mol. The van der Waals surface area contributed by atoms with E-state index in [-0.39, 0.29) is 5.91 Å². The second-order valence-corrected chi connectivity index (χ2v) is 5.81. The number of benzene rings is 2. The summed E-state index contributed by atoms with van der Waals surface area (Å²) in [5, 5.41) is 4.47. The molecule has 1 heterocycles. The number of rotatable bonds is 2. The van der Waals surface area contributed by atoms with Crippen molar-refractivity contribution in [2.75, 3.05) is 11.1 Å². The van der Waals surface area contributed by atoms with Crippen LogP contribution >= 0.6 is 22.6 Å². The van der Waals surface area contributed by atoms with Crippen LogP contribution < -0.4 is 11.1 Å². The number of anilines is 2. The molecule has 0 atom stereocenters. The number of carbonyl (C=O) groups excluding carboxylic acids is 1. The average Bonchev–Trinajstić information content (AvgIpc) is 2.48. The third kappa shape index (κ3) is 2.82. The minimum Gasteiger partial charge on any atom is -0.383 e. The van der Waals surface area contributed by atoms with Gasteiger partial charge in [-0.05, 0) is 46.2 Å². The van der Waals surface area contributed by atoms with Gasteiger partial charge in [-0.25, -0.2) is 4.98 Å². The van der Waals surface area contributed by atoms with Gasteiger partial charge < -0.3 is 11.1 Å². The molecule has 2 aromatic carbocycles. The molecule has 0 aliphatic heterocycles. The molecule has 3 N–H and O–H groups in total. The molecule has 0 saturated heterocycles. The van der Waals surface area contributed by atoms with Gasteiger partial charge in [-0.3, -0.25) is 4.79 Å². The zero-order valence-electron chi connectivity index (χ0n) is 11.0. The van der Waals surface area contributed by atoms with Gasteiger partial charge in [0.2, 0.25) is 0 Å². The Kier molecular flexibility index (Phi) is 3.74. The summed E-state index contributed by atoms with van der Waals surface area (Å²) < 4.78 is 1.06. The highest BCUT2D eigenvalue weighted by atomic mass is 127. The lowest BCUT2D eigenvalue weighted by Crippen LogP contribution is -2.13. The first-order chi connectivity index (χ1) is 10.1. The van der Waals surface area contributed by atoms with Crippen molar-refractivity contribution < 1.29 is 4.79 Å². The van der Waals surface area contributed by atoms with Gasteiger partial charge in [0.15, 0.2) is 0 Å². The van der Waals surface area contributed by atoms with Crippen molar-refractivity contribution in [1.82, 2.24) is 4.98 Å². The van der Waals surface area contributed by atoms with Crippen molar-refractivity contribution in [1.29, 1.82) is 0 Å². The number of amides is 1. The highest BCUT2D eigenvalue weighted by Crippen LogP contribution is 2.23. The van der Waals surface area contributed by atoms with Gasteiger partial charge >= 0.3 is 0 Å². The van der Waals surface area contributed by atoms with Crippen molar-refractivity contribution >= 4 is 50.8 Å². The molecule has 0 aliphatic carbocycles. The predicted molar refractivity (Wildman–Crippen MR) is 93.3 cm³/mol. The number of nitrogens with two attached hydrogens (primary N) is 1. The van der Waals surface area contributed by atoms with Crippen LogP contribution in [0, 0.1) is 3.57 Å². The number of halogens is 1. The standard InChI is InChI=1S/C16H12IN3O/c17-10-4-3-5-11(8-10)20-16(21)14-9-19-15(18)13-7-2-1-6-12(13)14/h1-9H,(H2,18,19)(H,20,21). The van der Waals surface area contributed by atoms with E-state index in [4.69, 9.17) is 5.73 Å². The first-order valence-electron chi connectivity index (χ1n) is 6.35. The molecule has 1 aromatic heterocycles. The Hall–Kier alpha value is -2.15. The summed E-state index contributed by atoms with van der Waals surface area (Å²) in [6, 6.07) is 15.1. The van der Waals surface area contributed by atoms with Crippen LogP contribution in [0.2, 0.25) is 0 Å². The molecule has 4 nitrogen and oxygen atoms in total. The number of carbonyl (C=O) groups is 1. The maximum atomic E-state index is 12.5. The molecule has 3 aromatic rings. The molecule has 5 heteroatoms. The van der Waals surface area contributed by atoms with Crippen molar-refractivity contribution in [3.63, 3.8) is 0 Å². The number of aromatic nitrogens is 1. The first kappa shape index (κ1) is 13.8. The van der Waals surface area contributed by atoms with Crippen molar-refractivity contribution in [2.45, 2.75) is 0 Å². The second kappa shape index (κ2) is 5.69. The summed E-state index contributed by atoms with van der Waals surface area (Å²) in [6.07, 6.45) is 1.51. The maximum Gasteiger partial charge on any atom is 0.257 e.